The van der Waals surface area contributed by atoms with Crippen molar-refractivity contribution in [3.05, 3.63) is 93.9 Å². The standard InChI is InChI=1S/C21H20FNO2S/c22-19-8-4-7-17(11-19)12-21(25)23(13-16-5-2-1-3-6-16)14-20(24)18-9-10-26-15-18/h1-11,15,20,24H,12-14H2. The van der Waals surface area contributed by atoms with Gasteiger partial charge in [0.1, 0.15) is 5.82 Å². The van der Waals surface area contributed by atoms with Crippen LogP contribution in [0.4, 0.5) is 4.39 Å². The second-order valence-electron chi connectivity index (χ2n) is 6.14. The summed E-state index contributed by atoms with van der Waals surface area (Å²) in [4.78, 5) is 14.5. The molecule has 0 fully saturated rings. The molecule has 3 nitrogen and oxygen atoms in total. The normalized spacial score (nSPS) is 11.9. The van der Waals surface area contributed by atoms with Crippen molar-refractivity contribution < 1.29 is 14.3 Å². The Bertz CT molecular complexity index is 836. The molecule has 2 aromatic carbocycles. The van der Waals surface area contributed by atoms with Gasteiger partial charge in [0.2, 0.25) is 5.91 Å². The molecule has 0 aliphatic rings. The molecule has 5 heteroatoms. The lowest BCUT2D eigenvalue weighted by atomic mass is 10.1. The van der Waals surface area contributed by atoms with E-state index in [1.807, 2.05) is 47.2 Å². The number of benzene rings is 2. The van der Waals surface area contributed by atoms with Gasteiger partial charge in [-0.1, -0.05) is 42.5 Å². The number of amides is 1. The lowest BCUT2D eigenvalue weighted by Crippen LogP contribution is -2.35. The zero-order valence-electron chi connectivity index (χ0n) is 14.2. The van der Waals surface area contributed by atoms with Crippen LogP contribution in [0.15, 0.2) is 71.4 Å². The van der Waals surface area contributed by atoms with E-state index < -0.39 is 6.10 Å². The summed E-state index contributed by atoms with van der Waals surface area (Å²) in [6.45, 7) is 0.593. The summed E-state index contributed by atoms with van der Waals surface area (Å²) in [5.74, 6) is -0.503. The number of nitrogens with zero attached hydrogens (tertiary/aromatic N) is 1. The lowest BCUT2D eigenvalue weighted by molar-refractivity contribution is -0.132. The van der Waals surface area contributed by atoms with E-state index in [1.165, 1.54) is 23.5 Å². The first-order chi connectivity index (χ1) is 12.6. The molecule has 0 saturated heterocycles. The molecule has 1 heterocycles. The van der Waals surface area contributed by atoms with Gasteiger partial charge in [0, 0.05) is 6.54 Å². The molecule has 3 rings (SSSR count). The quantitative estimate of drug-likeness (QED) is 0.678. The third kappa shape index (κ3) is 5.00. The number of thiophene rings is 1. The van der Waals surface area contributed by atoms with Crippen molar-refractivity contribution in [1.82, 2.24) is 4.90 Å². The topological polar surface area (TPSA) is 40.5 Å². The highest BCUT2D eigenvalue weighted by molar-refractivity contribution is 7.07. The van der Waals surface area contributed by atoms with Gasteiger partial charge < -0.3 is 10.0 Å². The molecule has 26 heavy (non-hydrogen) atoms. The Morgan fingerprint density at radius 1 is 1.08 bits per heavy atom. The number of aliphatic hydroxyl groups is 1. The Balaban J connectivity index is 1.75. The van der Waals surface area contributed by atoms with Crippen molar-refractivity contribution in [1.29, 1.82) is 0 Å². The van der Waals surface area contributed by atoms with Crippen LogP contribution in [0.5, 0.6) is 0 Å². The van der Waals surface area contributed by atoms with Crippen LogP contribution in [0.2, 0.25) is 0 Å². The van der Waals surface area contributed by atoms with Crippen LogP contribution in [0.25, 0.3) is 0 Å². The maximum atomic E-state index is 13.4. The van der Waals surface area contributed by atoms with Gasteiger partial charge in [0.05, 0.1) is 19.1 Å². The molecule has 1 N–H and O–H groups in total. The molecule has 3 aromatic rings. The fourth-order valence-corrected chi connectivity index (χ4v) is 3.48. The summed E-state index contributed by atoms with van der Waals surface area (Å²) in [5.41, 5.74) is 2.40. The van der Waals surface area contributed by atoms with Gasteiger partial charge >= 0.3 is 0 Å². The molecule has 0 spiro atoms. The predicted octanol–water partition coefficient (Wildman–Crippen LogP) is 4.19. The Morgan fingerprint density at radius 2 is 1.85 bits per heavy atom. The second-order valence-corrected chi connectivity index (χ2v) is 6.92. The number of carbonyl (C=O) groups excluding carboxylic acids is 1. The number of halogens is 1. The third-order valence-corrected chi connectivity index (χ3v) is 4.84. The summed E-state index contributed by atoms with van der Waals surface area (Å²) in [6.07, 6.45) is -0.651. The summed E-state index contributed by atoms with van der Waals surface area (Å²) in [7, 11) is 0. The Labute approximate surface area is 156 Å². The van der Waals surface area contributed by atoms with Gasteiger partial charge in [-0.2, -0.15) is 11.3 Å². The first-order valence-corrected chi connectivity index (χ1v) is 9.32. The zero-order valence-corrected chi connectivity index (χ0v) is 15.0. The molecule has 0 bridgehead atoms. The Hall–Kier alpha value is -2.50. The summed E-state index contributed by atoms with van der Waals surface area (Å²) in [6, 6.07) is 17.6. The SMILES string of the molecule is O=C(Cc1cccc(F)c1)N(Cc1ccccc1)CC(O)c1ccsc1. The number of hydrogen-bond donors (Lipinski definition) is 1. The van der Waals surface area contributed by atoms with Crippen molar-refractivity contribution in [2.45, 2.75) is 19.1 Å². The van der Waals surface area contributed by atoms with E-state index in [0.717, 1.165) is 11.1 Å². The first-order valence-electron chi connectivity index (χ1n) is 8.38. The number of hydrogen-bond acceptors (Lipinski definition) is 3. The maximum Gasteiger partial charge on any atom is 0.227 e. The summed E-state index contributed by atoms with van der Waals surface area (Å²) >= 11 is 1.51. The van der Waals surface area contributed by atoms with Gasteiger partial charge in [-0.25, -0.2) is 4.39 Å². The van der Waals surface area contributed by atoms with Crippen molar-refractivity contribution in [3.8, 4) is 0 Å². The van der Waals surface area contributed by atoms with Crippen LogP contribution >= 0.6 is 11.3 Å². The van der Waals surface area contributed by atoms with Crippen molar-refractivity contribution in [2.24, 2.45) is 0 Å². The summed E-state index contributed by atoms with van der Waals surface area (Å²) in [5, 5.41) is 14.2. The minimum atomic E-state index is -0.749. The monoisotopic (exact) mass is 369 g/mol. The average Bonchev–Trinajstić information content (AvgIpc) is 3.17. The second kappa shape index (κ2) is 8.74. The van der Waals surface area contributed by atoms with Gasteiger partial charge in [0.15, 0.2) is 0 Å². The molecular weight excluding hydrogens is 349 g/mol. The molecule has 0 aliphatic carbocycles. The van der Waals surface area contributed by atoms with Crippen LogP contribution in [-0.4, -0.2) is 22.5 Å². The van der Waals surface area contributed by atoms with Gasteiger partial charge in [-0.05, 0) is 45.6 Å². The van der Waals surface area contributed by atoms with Crippen LogP contribution in [0, 0.1) is 5.82 Å². The lowest BCUT2D eigenvalue weighted by Gasteiger charge is -2.25. The van der Waals surface area contributed by atoms with E-state index in [2.05, 4.69) is 0 Å². The van der Waals surface area contributed by atoms with Crippen molar-refractivity contribution >= 4 is 17.2 Å². The minimum Gasteiger partial charge on any atom is -0.387 e. The molecule has 1 aromatic heterocycles. The highest BCUT2D eigenvalue weighted by Crippen LogP contribution is 2.19. The van der Waals surface area contributed by atoms with Gasteiger partial charge in [-0.3, -0.25) is 4.79 Å². The first kappa shape index (κ1) is 18.3. The maximum absolute atomic E-state index is 13.4. The smallest absolute Gasteiger partial charge is 0.227 e. The molecule has 0 aliphatic heterocycles. The largest absolute Gasteiger partial charge is 0.387 e. The summed E-state index contributed by atoms with van der Waals surface area (Å²) < 4.78 is 13.4. The van der Waals surface area contributed by atoms with Gasteiger partial charge in [0.25, 0.3) is 0 Å². The highest BCUT2D eigenvalue weighted by Gasteiger charge is 2.20. The number of rotatable bonds is 7. The fourth-order valence-electron chi connectivity index (χ4n) is 2.77. The zero-order chi connectivity index (χ0) is 18.4. The predicted molar refractivity (Wildman–Crippen MR) is 101 cm³/mol. The molecule has 1 amide bonds. The minimum absolute atomic E-state index is 0.0982. The third-order valence-electron chi connectivity index (χ3n) is 4.13. The van der Waals surface area contributed by atoms with E-state index >= 15 is 0 Å². The van der Waals surface area contributed by atoms with Crippen LogP contribution in [-0.2, 0) is 17.8 Å². The van der Waals surface area contributed by atoms with E-state index in [0.29, 0.717) is 12.1 Å². The molecule has 1 unspecified atom stereocenters. The molecular formula is C21H20FNO2S. The number of aliphatic hydroxyl groups excluding tert-OH is 1. The molecule has 134 valence electrons. The van der Waals surface area contributed by atoms with Gasteiger partial charge in [-0.15, -0.1) is 0 Å². The fraction of sp³-hybridized carbons (Fsp3) is 0.190. The van der Waals surface area contributed by atoms with E-state index in [9.17, 15) is 14.3 Å². The van der Waals surface area contributed by atoms with E-state index in [1.54, 1.807) is 17.0 Å². The van der Waals surface area contributed by atoms with Crippen LogP contribution < -0.4 is 0 Å². The molecule has 0 saturated carbocycles. The Morgan fingerprint density at radius 3 is 2.54 bits per heavy atom. The van der Waals surface area contributed by atoms with Crippen molar-refractivity contribution in [2.75, 3.05) is 6.54 Å². The van der Waals surface area contributed by atoms with E-state index in [4.69, 9.17) is 0 Å². The van der Waals surface area contributed by atoms with E-state index in [-0.39, 0.29) is 24.7 Å². The number of carbonyl (C=O) groups is 1. The molecule has 0 radical (unpaired) electrons. The average molecular weight is 369 g/mol. The highest BCUT2D eigenvalue weighted by atomic mass is 32.1. The molecule has 1 atom stereocenters. The van der Waals surface area contributed by atoms with Crippen LogP contribution in [0.3, 0.4) is 0 Å². The van der Waals surface area contributed by atoms with Crippen molar-refractivity contribution in [3.63, 3.8) is 0 Å². The Kier molecular flexibility index (Phi) is 6.15. The van der Waals surface area contributed by atoms with Crippen LogP contribution in [0.1, 0.15) is 22.8 Å².